The first-order valence-corrected chi connectivity index (χ1v) is 6.50. The van der Waals surface area contributed by atoms with E-state index in [1.807, 2.05) is 0 Å². The van der Waals surface area contributed by atoms with Crippen molar-refractivity contribution >= 4 is 15.9 Å². The fourth-order valence-electron chi connectivity index (χ4n) is 1.89. The molecule has 0 bridgehead atoms. The maximum absolute atomic E-state index is 12.1. The molecular weight excluding hydrogens is 240 g/mol. The Kier molecular flexibility index (Phi) is 2.54. The molecule has 1 aromatic rings. The lowest BCUT2D eigenvalue weighted by atomic mass is 10.1. The van der Waals surface area contributed by atoms with Gasteiger partial charge >= 0.3 is 0 Å². The summed E-state index contributed by atoms with van der Waals surface area (Å²) in [4.78, 5) is 16.0. The van der Waals surface area contributed by atoms with Crippen LogP contribution in [-0.2, 0) is 10.0 Å². The number of hydrogen-bond donors (Lipinski definition) is 0. The van der Waals surface area contributed by atoms with Gasteiger partial charge in [-0.05, 0) is 25.5 Å². The number of sulfonamides is 1. The van der Waals surface area contributed by atoms with Crippen molar-refractivity contribution in [3.8, 4) is 0 Å². The Morgan fingerprint density at radius 2 is 2.12 bits per heavy atom. The van der Waals surface area contributed by atoms with Gasteiger partial charge in [0, 0.05) is 5.69 Å². The van der Waals surface area contributed by atoms with Crippen molar-refractivity contribution in [1.82, 2.24) is 9.29 Å². The van der Waals surface area contributed by atoms with Crippen LogP contribution in [0.5, 0.6) is 0 Å². The summed E-state index contributed by atoms with van der Waals surface area (Å²) >= 11 is 0. The average molecular weight is 252 g/mol. The minimum atomic E-state index is -3.80. The number of rotatable bonds is 2. The first-order valence-electron chi connectivity index (χ1n) is 5.06. The van der Waals surface area contributed by atoms with Crippen LogP contribution < -0.4 is 0 Å². The molecule has 0 radical (unpaired) electrons. The van der Waals surface area contributed by atoms with Gasteiger partial charge in [-0.15, -0.1) is 6.58 Å². The van der Waals surface area contributed by atoms with Crippen molar-refractivity contribution < 1.29 is 13.2 Å². The van der Waals surface area contributed by atoms with Gasteiger partial charge in [0.25, 0.3) is 15.9 Å². The van der Waals surface area contributed by atoms with Gasteiger partial charge < -0.3 is 0 Å². The van der Waals surface area contributed by atoms with Gasteiger partial charge in [0.2, 0.25) is 0 Å². The standard InChI is InChI=1S/C11H12N2O3S/c1-4-5-13-11(14)9-7(2)6-8(3)12-10(9)17(13,15)16/h4,6H,1,5H2,2-3H3. The number of aryl methyl sites for hydroxylation is 2. The molecule has 2 rings (SSSR count). The second kappa shape index (κ2) is 3.66. The molecule has 1 aliphatic rings. The first kappa shape index (κ1) is 11.8. The zero-order chi connectivity index (χ0) is 12.8. The Labute approximate surface area is 99.8 Å². The molecule has 2 heterocycles. The zero-order valence-corrected chi connectivity index (χ0v) is 10.4. The molecule has 90 valence electrons. The van der Waals surface area contributed by atoms with Crippen molar-refractivity contribution in [2.75, 3.05) is 6.54 Å². The summed E-state index contributed by atoms with van der Waals surface area (Å²) in [6.45, 7) is 6.82. The molecule has 1 aliphatic heterocycles. The SMILES string of the molecule is C=CCN1C(=O)c2c(C)cc(C)nc2S1(=O)=O. The maximum Gasteiger partial charge on any atom is 0.285 e. The van der Waals surface area contributed by atoms with Crippen molar-refractivity contribution in [2.45, 2.75) is 18.9 Å². The fourth-order valence-corrected chi connectivity index (χ4v) is 3.47. The third-order valence-electron chi connectivity index (χ3n) is 2.58. The summed E-state index contributed by atoms with van der Waals surface area (Å²) in [5.74, 6) is -0.523. The van der Waals surface area contributed by atoms with E-state index in [-0.39, 0.29) is 17.1 Å². The number of fused-ring (bicyclic) bond motifs is 1. The number of hydrogen-bond acceptors (Lipinski definition) is 4. The van der Waals surface area contributed by atoms with Crippen LogP contribution in [-0.4, -0.2) is 30.2 Å². The van der Waals surface area contributed by atoms with E-state index in [1.165, 1.54) is 6.08 Å². The Hall–Kier alpha value is -1.69. The highest BCUT2D eigenvalue weighted by Gasteiger charge is 2.43. The summed E-state index contributed by atoms with van der Waals surface area (Å²) < 4.78 is 25.0. The first-order chi connectivity index (χ1) is 7.89. The Balaban J connectivity index is 2.75. The van der Waals surface area contributed by atoms with E-state index >= 15 is 0 Å². The van der Waals surface area contributed by atoms with Crippen LogP contribution in [0.15, 0.2) is 23.7 Å². The highest BCUT2D eigenvalue weighted by molar-refractivity contribution is 7.90. The number of carbonyl (C=O) groups excluding carboxylic acids is 1. The third kappa shape index (κ3) is 1.56. The summed E-state index contributed by atoms with van der Waals surface area (Å²) in [5, 5.41) is -0.137. The zero-order valence-electron chi connectivity index (χ0n) is 9.60. The Morgan fingerprint density at radius 3 is 2.71 bits per heavy atom. The fraction of sp³-hybridized carbons (Fsp3) is 0.273. The largest absolute Gasteiger partial charge is 0.285 e. The smallest absolute Gasteiger partial charge is 0.268 e. The van der Waals surface area contributed by atoms with Gasteiger partial charge in [-0.25, -0.2) is 9.29 Å². The summed E-state index contributed by atoms with van der Waals surface area (Å²) in [6, 6.07) is 1.70. The molecular formula is C11H12N2O3S. The number of aromatic nitrogens is 1. The van der Waals surface area contributed by atoms with E-state index in [1.54, 1.807) is 19.9 Å². The van der Waals surface area contributed by atoms with Gasteiger partial charge in [-0.3, -0.25) is 4.79 Å². The average Bonchev–Trinajstić information content (AvgIpc) is 2.40. The van der Waals surface area contributed by atoms with Gasteiger partial charge in [0.05, 0.1) is 12.1 Å². The molecule has 0 aliphatic carbocycles. The summed E-state index contributed by atoms with van der Waals surface area (Å²) in [5.41, 5.74) is 1.39. The molecule has 0 saturated carbocycles. The second-order valence-electron chi connectivity index (χ2n) is 3.89. The number of amides is 1. The normalized spacial score (nSPS) is 17.1. The highest BCUT2D eigenvalue weighted by atomic mass is 32.2. The quantitative estimate of drug-likeness (QED) is 0.737. The molecule has 1 aromatic heterocycles. The minimum absolute atomic E-state index is 0.0317. The van der Waals surface area contributed by atoms with Crippen molar-refractivity contribution in [1.29, 1.82) is 0 Å². The molecule has 17 heavy (non-hydrogen) atoms. The van der Waals surface area contributed by atoms with Crippen molar-refractivity contribution in [3.63, 3.8) is 0 Å². The van der Waals surface area contributed by atoms with Crippen LogP contribution in [0.2, 0.25) is 0 Å². The predicted octanol–water partition coefficient (Wildman–Crippen LogP) is 1.03. The van der Waals surface area contributed by atoms with Crippen LogP contribution in [0.25, 0.3) is 0 Å². The van der Waals surface area contributed by atoms with Crippen LogP contribution >= 0.6 is 0 Å². The summed E-state index contributed by atoms with van der Waals surface area (Å²) in [7, 11) is -3.80. The summed E-state index contributed by atoms with van der Waals surface area (Å²) in [6.07, 6.45) is 1.38. The highest BCUT2D eigenvalue weighted by Crippen LogP contribution is 2.30. The monoisotopic (exact) mass is 252 g/mol. The molecule has 0 aromatic carbocycles. The van der Waals surface area contributed by atoms with Crippen LogP contribution in [0.1, 0.15) is 21.6 Å². The Bertz CT molecular complexity index is 620. The van der Waals surface area contributed by atoms with E-state index < -0.39 is 15.9 Å². The number of pyridine rings is 1. The lowest BCUT2D eigenvalue weighted by Gasteiger charge is -2.10. The Morgan fingerprint density at radius 1 is 1.47 bits per heavy atom. The van der Waals surface area contributed by atoms with E-state index in [4.69, 9.17) is 0 Å². The van der Waals surface area contributed by atoms with Gasteiger partial charge in [0.15, 0.2) is 5.03 Å². The molecule has 0 spiro atoms. The molecule has 0 atom stereocenters. The second-order valence-corrected chi connectivity index (χ2v) is 5.67. The molecule has 0 unspecified atom stereocenters. The molecule has 5 nitrogen and oxygen atoms in total. The van der Waals surface area contributed by atoms with E-state index in [9.17, 15) is 13.2 Å². The molecule has 1 amide bonds. The van der Waals surface area contributed by atoms with Crippen molar-refractivity contribution in [3.05, 3.63) is 35.5 Å². The molecule has 6 heteroatoms. The van der Waals surface area contributed by atoms with E-state index in [0.717, 1.165) is 4.31 Å². The van der Waals surface area contributed by atoms with Gasteiger partial charge in [-0.2, -0.15) is 8.42 Å². The van der Waals surface area contributed by atoms with Crippen LogP contribution in [0.3, 0.4) is 0 Å². The van der Waals surface area contributed by atoms with Gasteiger partial charge in [0.1, 0.15) is 0 Å². The maximum atomic E-state index is 12.1. The molecule has 0 saturated heterocycles. The number of carbonyl (C=O) groups is 1. The van der Waals surface area contributed by atoms with Crippen molar-refractivity contribution in [2.24, 2.45) is 0 Å². The topological polar surface area (TPSA) is 67.3 Å². The lowest BCUT2D eigenvalue weighted by Crippen LogP contribution is -2.30. The molecule has 0 N–H and O–H groups in total. The van der Waals surface area contributed by atoms with Crippen LogP contribution in [0, 0.1) is 13.8 Å². The lowest BCUT2D eigenvalue weighted by molar-refractivity contribution is 0.0880. The molecule has 0 fully saturated rings. The third-order valence-corrected chi connectivity index (χ3v) is 4.26. The van der Waals surface area contributed by atoms with Crippen LogP contribution in [0.4, 0.5) is 0 Å². The predicted molar refractivity (Wildman–Crippen MR) is 62.1 cm³/mol. The van der Waals surface area contributed by atoms with E-state index in [0.29, 0.717) is 11.3 Å². The van der Waals surface area contributed by atoms with Gasteiger partial charge in [-0.1, -0.05) is 6.08 Å². The van der Waals surface area contributed by atoms with E-state index in [2.05, 4.69) is 11.6 Å². The number of nitrogens with zero attached hydrogens (tertiary/aromatic N) is 2. The minimum Gasteiger partial charge on any atom is -0.268 e.